The number of hydrogen-bond donors (Lipinski definition) is 1. The summed E-state index contributed by atoms with van der Waals surface area (Å²) in [5.74, 6) is -2.36. The van der Waals surface area contributed by atoms with Crippen LogP contribution in [0.2, 0.25) is 0 Å². The van der Waals surface area contributed by atoms with Crippen LogP contribution in [0.5, 0.6) is 0 Å². The van der Waals surface area contributed by atoms with Gasteiger partial charge in [-0.25, -0.2) is 4.98 Å². The third-order valence-corrected chi connectivity index (χ3v) is 5.51. The Morgan fingerprint density at radius 1 is 1.13 bits per heavy atom. The van der Waals surface area contributed by atoms with Gasteiger partial charge >= 0.3 is 5.92 Å². The summed E-state index contributed by atoms with van der Waals surface area (Å²) in [6.45, 7) is -0.645. The van der Waals surface area contributed by atoms with Gasteiger partial charge in [0.25, 0.3) is 5.56 Å². The third kappa shape index (κ3) is 2.51. The molecule has 0 radical (unpaired) electrons. The number of aromatic nitrogens is 6. The van der Waals surface area contributed by atoms with E-state index in [4.69, 9.17) is 0 Å². The highest BCUT2D eigenvalue weighted by Gasteiger charge is 2.48. The Balaban J connectivity index is 1.49. The Morgan fingerprint density at radius 3 is 2.71 bits per heavy atom. The fourth-order valence-electron chi connectivity index (χ4n) is 4.03. The Hall–Kier alpha value is -4.08. The molecule has 0 unspecified atom stereocenters. The molecule has 0 saturated heterocycles. The number of halogens is 2. The number of alkyl halides is 2. The van der Waals surface area contributed by atoms with E-state index in [9.17, 15) is 13.6 Å². The average molecular weight is 419 g/mol. The standard InChI is InChI=1S/C21H15F2N7O/c1-28-17-13(9-24-28)19(31)30-11-21(22,23)18(30)16(17)26-15-7-8-29-10-14(25-20(29)27-15)12-5-3-2-4-6-12/h2-10H,11H2,1H3,(H,25,26,27). The van der Waals surface area contributed by atoms with Gasteiger partial charge < -0.3 is 5.32 Å². The molecule has 0 spiro atoms. The first-order valence-corrected chi connectivity index (χ1v) is 9.57. The summed E-state index contributed by atoms with van der Waals surface area (Å²) < 4.78 is 33.1. The van der Waals surface area contributed by atoms with Gasteiger partial charge in [-0.05, 0) is 6.07 Å². The maximum atomic E-state index is 14.4. The average Bonchev–Trinajstić information content (AvgIpc) is 3.35. The second kappa shape index (κ2) is 5.97. The summed E-state index contributed by atoms with van der Waals surface area (Å²) in [4.78, 5) is 21.6. The van der Waals surface area contributed by atoms with Gasteiger partial charge in [-0.15, -0.1) is 0 Å². The molecule has 154 valence electrons. The number of rotatable bonds is 3. The van der Waals surface area contributed by atoms with E-state index < -0.39 is 18.0 Å². The van der Waals surface area contributed by atoms with Crippen molar-refractivity contribution in [1.82, 2.24) is 28.7 Å². The van der Waals surface area contributed by atoms with Crippen LogP contribution in [-0.2, 0) is 19.5 Å². The Bertz CT molecular complexity index is 1550. The predicted molar refractivity (Wildman–Crippen MR) is 111 cm³/mol. The van der Waals surface area contributed by atoms with Crippen molar-refractivity contribution in [3.05, 3.63) is 71.0 Å². The van der Waals surface area contributed by atoms with Crippen LogP contribution >= 0.6 is 0 Å². The molecule has 1 aliphatic rings. The van der Waals surface area contributed by atoms with E-state index in [1.54, 1.807) is 23.7 Å². The minimum Gasteiger partial charge on any atom is -0.337 e. The fraction of sp³-hybridized carbons (Fsp3) is 0.143. The summed E-state index contributed by atoms with van der Waals surface area (Å²) in [6.07, 6.45) is 5.00. The number of imidazole rings is 1. The predicted octanol–water partition coefficient (Wildman–Crippen LogP) is 3.29. The maximum absolute atomic E-state index is 14.4. The number of pyridine rings is 1. The second-order valence-corrected chi connectivity index (χ2v) is 7.49. The van der Waals surface area contributed by atoms with Crippen LogP contribution in [0.25, 0.3) is 27.9 Å². The zero-order chi connectivity index (χ0) is 21.3. The largest absolute Gasteiger partial charge is 0.337 e. The van der Waals surface area contributed by atoms with E-state index in [0.717, 1.165) is 15.8 Å². The van der Waals surface area contributed by atoms with Crippen LogP contribution in [0.15, 0.2) is 59.8 Å². The molecule has 0 atom stereocenters. The molecule has 4 aromatic heterocycles. The van der Waals surface area contributed by atoms with Crippen molar-refractivity contribution in [3.8, 4) is 11.3 Å². The number of hydrogen-bond acceptors (Lipinski definition) is 5. The van der Waals surface area contributed by atoms with Gasteiger partial charge in [0, 0.05) is 25.0 Å². The van der Waals surface area contributed by atoms with Crippen LogP contribution in [0, 0.1) is 0 Å². The Morgan fingerprint density at radius 2 is 1.94 bits per heavy atom. The topological polar surface area (TPSA) is 82.0 Å². The van der Waals surface area contributed by atoms with Crippen molar-refractivity contribution in [2.45, 2.75) is 12.5 Å². The molecule has 0 bridgehead atoms. The molecule has 8 nitrogen and oxygen atoms in total. The SMILES string of the molecule is Cn1ncc2c(=O)n3c(c(Nc4ccn5cc(-c6ccccc6)nc5n4)c21)C(F)(F)C3. The summed E-state index contributed by atoms with van der Waals surface area (Å²) in [6, 6.07) is 11.3. The molecule has 0 amide bonds. The van der Waals surface area contributed by atoms with E-state index in [1.165, 1.54) is 10.9 Å². The minimum absolute atomic E-state index is 0.123. The van der Waals surface area contributed by atoms with Crippen molar-refractivity contribution in [3.63, 3.8) is 0 Å². The van der Waals surface area contributed by atoms with Crippen LogP contribution in [0.4, 0.5) is 20.3 Å². The molecular formula is C21H15F2N7O. The normalized spacial score (nSPS) is 14.5. The van der Waals surface area contributed by atoms with Gasteiger partial charge in [-0.1, -0.05) is 30.3 Å². The molecule has 6 rings (SSSR count). The Labute approximate surface area is 173 Å². The number of nitrogens with zero attached hydrogens (tertiary/aromatic N) is 6. The van der Waals surface area contributed by atoms with Gasteiger partial charge in [0.2, 0.25) is 5.78 Å². The minimum atomic E-state index is -3.11. The van der Waals surface area contributed by atoms with Crippen LogP contribution < -0.4 is 10.9 Å². The van der Waals surface area contributed by atoms with Crippen molar-refractivity contribution >= 4 is 28.2 Å². The molecule has 0 fully saturated rings. The molecule has 0 saturated carbocycles. The van der Waals surface area contributed by atoms with Crippen LogP contribution in [0.3, 0.4) is 0 Å². The molecule has 0 aliphatic carbocycles. The molecule has 5 aromatic rings. The summed E-state index contributed by atoms with van der Waals surface area (Å²) >= 11 is 0. The van der Waals surface area contributed by atoms with Crippen molar-refractivity contribution in [2.75, 3.05) is 5.32 Å². The van der Waals surface area contributed by atoms with Crippen LogP contribution in [0.1, 0.15) is 5.69 Å². The highest BCUT2D eigenvalue weighted by Crippen LogP contribution is 2.45. The van der Waals surface area contributed by atoms with E-state index in [0.29, 0.717) is 17.1 Å². The smallest absolute Gasteiger partial charge is 0.307 e. The molecule has 31 heavy (non-hydrogen) atoms. The number of aryl methyl sites for hydroxylation is 1. The molecular weight excluding hydrogens is 404 g/mol. The van der Waals surface area contributed by atoms with E-state index >= 15 is 0 Å². The van der Waals surface area contributed by atoms with Gasteiger partial charge in [0.1, 0.15) is 11.5 Å². The van der Waals surface area contributed by atoms with Gasteiger partial charge in [-0.2, -0.15) is 18.9 Å². The number of nitrogens with one attached hydrogen (secondary N) is 1. The second-order valence-electron chi connectivity index (χ2n) is 7.49. The molecule has 1 N–H and O–H groups in total. The lowest BCUT2D eigenvalue weighted by Gasteiger charge is -2.34. The van der Waals surface area contributed by atoms with Crippen molar-refractivity contribution < 1.29 is 8.78 Å². The maximum Gasteiger partial charge on any atom is 0.307 e. The van der Waals surface area contributed by atoms with E-state index in [-0.39, 0.29) is 16.8 Å². The summed E-state index contributed by atoms with van der Waals surface area (Å²) in [7, 11) is 1.61. The zero-order valence-corrected chi connectivity index (χ0v) is 16.3. The first-order chi connectivity index (χ1) is 14.9. The fourth-order valence-corrected chi connectivity index (χ4v) is 4.03. The zero-order valence-electron chi connectivity index (χ0n) is 16.3. The summed E-state index contributed by atoms with van der Waals surface area (Å²) in [5, 5.41) is 7.35. The van der Waals surface area contributed by atoms with Gasteiger partial charge in [0.15, 0.2) is 0 Å². The lowest BCUT2D eigenvalue weighted by atomic mass is 10.0. The van der Waals surface area contributed by atoms with Gasteiger partial charge in [0.05, 0.1) is 35.0 Å². The summed E-state index contributed by atoms with van der Waals surface area (Å²) in [5.41, 5.74) is 1.30. The Kier molecular flexibility index (Phi) is 3.42. The number of fused-ring (bicyclic) bond motifs is 3. The monoisotopic (exact) mass is 419 g/mol. The number of benzene rings is 1. The lowest BCUT2D eigenvalue weighted by Crippen LogP contribution is -2.45. The lowest BCUT2D eigenvalue weighted by molar-refractivity contribution is -0.0725. The first kappa shape index (κ1) is 17.8. The first-order valence-electron chi connectivity index (χ1n) is 9.57. The highest BCUT2D eigenvalue weighted by molar-refractivity contribution is 5.93. The molecule has 1 aliphatic heterocycles. The van der Waals surface area contributed by atoms with Crippen LogP contribution in [-0.4, -0.2) is 28.7 Å². The van der Waals surface area contributed by atoms with Crippen molar-refractivity contribution in [1.29, 1.82) is 0 Å². The highest BCUT2D eigenvalue weighted by atomic mass is 19.3. The quantitative estimate of drug-likeness (QED) is 0.485. The van der Waals surface area contributed by atoms with Crippen molar-refractivity contribution in [2.24, 2.45) is 7.05 Å². The molecule has 10 heteroatoms. The molecule has 5 heterocycles. The molecule has 1 aromatic carbocycles. The van der Waals surface area contributed by atoms with E-state index in [2.05, 4.69) is 20.4 Å². The third-order valence-electron chi connectivity index (χ3n) is 5.51. The van der Waals surface area contributed by atoms with E-state index in [1.807, 2.05) is 36.5 Å². The number of anilines is 2. The van der Waals surface area contributed by atoms with Gasteiger partial charge in [-0.3, -0.25) is 18.4 Å².